The molecule has 2 atom stereocenters. The standard InChI is InChI=1S/C24H22FN3O/c1-2-29-19-13-9-17(10-14-19)23-15-21(16-7-11-18(25)12-8-16)27-24-26-20-5-3-4-6-22(20)28(23)24/h3-14,21,23H,2,15H2,1H3,(H,26,27)/t21-,23+/m1/s1. The first-order valence-corrected chi connectivity index (χ1v) is 9.94. The summed E-state index contributed by atoms with van der Waals surface area (Å²) in [6.07, 6.45) is 0.840. The van der Waals surface area contributed by atoms with Gasteiger partial charge < -0.3 is 14.6 Å². The molecule has 3 aromatic carbocycles. The maximum atomic E-state index is 13.4. The Hall–Kier alpha value is -3.34. The Morgan fingerprint density at radius 3 is 2.48 bits per heavy atom. The number of para-hydroxylation sites is 2. The minimum absolute atomic E-state index is 0.0523. The van der Waals surface area contributed by atoms with Crippen LogP contribution >= 0.6 is 0 Å². The van der Waals surface area contributed by atoms with E-state index in [-0.39, 0.29) is 17.9 Å². The molecule has 1 aliphatic heterocycles. The van der Waals surface area contributed by atoms with Gasteiger partial charge in [0, 0.05) is 0 Å². The van der Waals surface area contributed by atoms with Gasteiger partial charge in [-0.15, -0.1) is 0 Å². The van der Waals surface area contributed by atoms with E-state index in [9.17, 15) is 4.39 Å². The number of anilines is 1. The van der Waals surface area contributed by atoms with E-state index in [0.717, 1.165) is 34.7 Å². The molecule has 1 N–H and O–H groups in total. The number of ether oxygens (including phenoxy) is 1. The second-order valence-electron chi connectivity index (χ2n) is 7.30. The van der Waals surface area contributed by atoms with Gasteiger partial charge in [0.05, 0.1) is 29.7 Å². The Morgan fingerprint density at radius 1 is 1.00 bits per heavy atom. The quantitative estimate of drug-likeness (QED) is 0.487. The van der Waals surface area contributed by atoms with E-state index in [4.69, 9.17) is 9.72 Å². The highest BCUT2D eigenvalue weighted by molar-refractivity contribution is 5.79. The van der Waals surface area contributed by atoms with Crippen LogP contribution in [0.15, 0.2) is 72.8 Å². The van der Waals surface area contributed by atoms with Crippen LogP contribution in [0.25, 0.3) is 11.0 Å². The lowest BCUT2D eigenvalue weighted by Crippen LogP contribution is -2.27. The number of fused-ring (bicyclic) bond motifs is 3. The minimum atomic E-state index is -0.222. The molecule has 1 aliphatic rings. The molecule has 146 valence electrons. The SMILES string of the molecule is CCOc1ccc([C@@H]2C[C@H](c3ccc(F)cc3)Nc3nc4ccccc4n32)cc1. The largest absolute Gasteiger partial charge is 0.494 e. The van der Waals surface area contributed by atoms with Crippen molar-refractivity contribution in [3.8, 4) is 5.75 Å². The number of hydrogen-bond acceptors (Lipinski definition) is 3. The molecule has 0 spiro atoms. The summed E-state index contributed by atoms with van der Waals surface area (Å²) in [6.45, 7) is 2.63. The van der Waals surface area contributed by atoms with Crippen LogP contribution < -0.4 is 10.1 Å². The molecule has 29 heavy (non-hydrogen) atoms. The summed E-state index contributed by atoms with van der Waals surface area (Å²) in [5.41, 5.74) is 4.32. The fourth-order valence-electron chi connectivity index (χ4n) is 4.16. The van der Waals surface area contributed by atoms with Crippen LogP contribution in [0.2, 0.25) is 0 Å². The fraction of sp³-hybridized carbons (Fsp3) is 0.208. The normalized spacial score (nSPS) is 18.3. The maximum absolute atomic E-state index is 13.4. The van der Waals surface area contributed by atoms with Gasteiger partial charge in [-0.3, -0.25) is 0 Å². The van der Waals surface area contributed by atoms with Gasteiger partial charge in [0.1, 0.15) is 11.6 Å². The van der Waals surface area contributed by atoms with Crippen molar-refractivity contribution >= 4 is 17.0 Å². The molecule has 2 heterocycles. The summed E-state index contributed by atoms with van der Waals surface area (Å²) in [6, 6.07) is 23.4. The number of imidazole rings is 1. The van der Waals surface area contributed by atoms with Crippen LogP contribution in [0.3, 0.4) is 0 Å². The first-order valence-electron chi connectivity index (χ1n) is 9.94. The van der Waals surface area contributed by atoms with E-state index < -0.39 is 0 Å². The molecule has 1 aromatic heterocycles. The molecule has 0 saturated heterocycles. The topological polar surface area (TPSA) is 39.1 Å². The second-order valence-corrected chi connectivity index (χ2v) is 7.30. The molecule has 0 unspecified atom stereocenters. The van der Waals surface area contributed by atoms with Gasteiger partial charge in [-0.25, -0.2) is 9.37 Å². The van der Waals surface area contributed by atoms with Crippen molar-refractivity contribution in [1.29, 1.82) is 0 Å². The summed E-state index contributed by atoms with van der Waals surface area (Å²) in [7, 11) is 0. The third-order valence-corrected chi connectivity index (χ3v) is 5.52. The van der Waals surface area contributed by atoms with Crippen LogP contribution in [0.5, 0.6) is 5.75 Å². The average molecular weight is 387 g/mol. The zero-order valence-electron chi connectivity index (χ0n) is 16.2. The highest BCUT2D eigenvalue weighted by Crippen LogP contribution is 2.41. The highest BCUT2D eigenvalue weighted by Gasteiger charge is 2.31. The number of aromatic nitrogens is 2. The Bertz CT molecular complexity index is 1140. The van der Waals surface area contributed by atoms with E-state index in [1.54, 1.807) is 0 Å². The monoisotopic (exact) mass is 387 g/mol. The molecule has 4 nitrogen and oxygen atoms in total. The molecular formula is C24H22FN3O. The number of halogens is 1. The minimum Gasteiger partial charge on any atom is -0.494 e. The van der Waals surface area contributed by atoms with Gasteiger partial charge in [-0.05, 0) is 60.9 Å². The van der Waals surface area contributed by atoms with Crippen LogP contribution in [0.4, 0.5) is 10.3 Å². The number of nitrogens with zero attached hydrogens (tertiary/aromatic N) is 2. The average Bonchev–Trinajstić information content (AvgIpc) is 3.13. The smallest absolute Gasteiger partial charge is 0.204 e. The lowest BCUT2D eigenvalue weighted by Gasteiger charge is -2.33. The molecule has 0 amide bonds. The van der Waals surface area contributed by atoms with Gasteiger partial charge in [-0.2, -0.15) is 0 Å². The number of nitrogens with one attached hydrogen (secondary N) is 1. The Morgan fingerprint density at radius 2 is 1.72 bits per heavy atom. The predicted molar refractivity (Wildman–Crippen MR) is 113 cm³/mol. The van der Waals surface area contributed by atoms with E-state index in [2.05, 4.69) is 28.1 Å². The van der Waals surface area contributed by atoms with Crippen molar-refractivity contribution in [3.63, 3.8) is 0 Å². The summed E-state index contributed by atoms with van der Waals surface area (Å²) in [5, 5.41) is 3.56. The molecule has 0 radical (unpaired) electrons. The van der Waals surface area contributed by atoms with E-state index in [1.165, 1.54) is 17.7 Å². The van der Waals surface area contributed by atoms with Crippen molar-refractivity contribution in [3.05, 3.63) is 89.7 Å². The van der Waals surface area contributed by atoms with Crippen LogP contribution in [0, 0.1) is 5.82 Å². The zero-order valence-corrected chi connectivity index (χ0v) is 16.2. The number of rotatable bonds is 4. The highest BCUT2D eigenvalue weighted by atomic mass is 19.1. The van der Waals surface area contributed by atoms with E-state index in [1.807, 2.05) is 49.4 Å². The lowest BCUT2D eigenvalue weighted by molar-refractivity contribution is 0.340. The van der Waals surface area contributed by atoms with E-state index in [0.29, 0.717) is 6.61 Å². The van der Waals surface area contributed by atoms with Crippen LogP contribution in [-0.2, 0) is 0 Å². The summed E-state index contributed by atoms with van der Waals surface area (Å²) in [4.78, 5) is 4.82. The van der Waals surface area contributed by atoms with Crippen molar-refractivity contribution in [2.45, 2.75) is 25.4 Å². The second kappa shape index (κ2) is 7.24. The van der Waals surface area contributed by atoms with Crippen molar-refractivity contribution in [2.75, 3.05) is 11.9 Å². The molecule has 0 bridgehead atoms. The zero-order chi connectivity index (χ0) is 19.8. The first kappa shape index (κ1) is 17.7. The van der Waals surface area contributed by atoms with Crippen molar-refractivity contribution in [1.82, 2.24) is 9.55 Å². The lowest BCUT2D eigenvalue weighted by atomic mass is 9.93. The molecule has 4 aromatic rings. The number of benzene rings is 3. The summed E-state index contributed by atoms with van der Waals surface area (Å²) in [5.74, 6) is 1.49. The Balaban J connectivity index is 1.60. The molecule has 0 aliphatic carbocycles. The molecule has 0 fully saturated rings. The third kappa shape index (κ3) is 3.23. The van der Waals surface area contributed by atoms with Gasteiger partial charge in [-0.1, -0.05) is 36.4 Å². The van der Waals surface area contributed by atoms with Gasteiger partial charge in [0.2, 0.25) is 5.95 Å². The van der Waals surface area contributed by atoms with Gasteiger partial charge in [0.15, 0.2) is 0 Å². The number of hydrogen-bond donors (Lipinski definition) is 1. The van der Waals surface area contributed by atoms with Crippen molar-refractivity contribution < 1.29 is 9.13 Å². The third-order valence-electron chi connectivity index (χ3n) is 5.52. The Labute approximate surface area is 169 Å². The predicted octanol–water partition coefficient (Wildman–Crippen LogP) is 5.72. The summed E-state index contributed by atoms with van der Waals surface area (Å²) < 4.78 is 21.3. The van der Waals surface area contributed by atoms with Gasteiger partial charge in [0.25, 0.3) is 0 Å². The molecule has 5 rings (SSSR count). The van der Waals surface area contributed by atoms with Crippen molar-refractivity contribution in [2.24, 2.45) is 0 Å². The first-order chi connectivity index (χ1) is 14.2. The van der Waals surface area contributed by atoms with Gasteiger partial charge >= 0.3 is 0 Å². The van der Waals surface area contributed by atoms with Crippen LogP contribution in [0.1, 0.15) is 36.6 Å². The molecule has 0 saturated carbocycles. The van der Waals surface area contributed by atoms with E-state index >= 15 is 0 Å². The van der Waals surface area contributed by atoms with Crippen LogP contribution in [-0.4, -0.2) is 16.2 Å². The molecule has 5 heteroatoms. The maximum Gasteiger partial charge on any atom is 0.204 e. The molecular weight excluding hydrogens is 365 g/mol. The Kier molecular flexibility index (Phi) is 4.43. The fourth-order valence-corrected chi connectivity index (χ4v) is 4.16. The summed E-state index contributed by atoms with van der Waals surface area (Å²) >= 11 is 0.